The first-order chi connectivity index (χ1) is 9.34. The molecule has 0 amide bonds. The van der Waals surface area contributed by atoms with Crippen LogP contribution in [0.1, 0.15) is 42.5 Å². The highest BCUT2D eigenvalue weighted by Gasteiger charge is 2.23. The highest BCUT2D eigenvalue weighted by Crippen LogP contribution is 2.27. The molecule has 0 bridgehead atoms. The van der Waals surface area contributed by atoms with Gasteiger partial charge in [0, 0.05) is 37.4 Å². The maximum Gasteiger partial charge on any atom is 0.165 e. The Morgan fingerprint density at radius 2 is 2.11 bits per heavy atom. The fourth-order valence-corrected chi connectivity index (χ4v) is 3.06. The van der Waals surface area contributed by atoms with Gasteiger partial charge in [-0.2, -0.15) is 0 Å². The largest absolute Gasteiger partial charge is 0.376 e. The van der Waals surface area contributed by atoms with Crippen molar-refractivity contribution >= 4 is 11.5 Å². The van der Waals surface area contributed by atoms with Crippen LogP contribution in [0.4, 0.5) is 5.69 Å². The Morgan fingerprint density at radius 3 is 2.95 bits per heavy atom. The van der Waals surface area contributed by atoms with Gasteiger partial charge in [0.15, 0.2) is 5.78 Å². The van der Waals surface area contributed by atoms with Crippen LogP contribution >= 0.6 is 0 Å². The number of ether oxygens (including phenoxy) is 1. The third kappa shape index (κ3) is 2.81. The second-order valence-corrected chi connectivity index (χ2v) is 5.48. The first-order valence-electron chi connectivity index (χ1n) is 7.33. The van der Waals surface area contributed by atoms with E-state index in [1.54, 1.807) is 0 Å². The molecule has 19 heavy (non-hydrogen) atoms. The zero-order valence-electron chi connectivity index (χ0n) is 11.3. The molecule has 1 unspecified atom stereocenters. The summed E-state index contributed by atoms with van der Waals surface area (Å²) in [5.74, 6) is 0.280. The summed E-state index contributed by atoms with van der Waals surface area (Å²) in [7, 11) is 0. The Hall–Kier alpha value is -1.35. The van der Waals surface area contributed by atoms with Gasteiger partial charge >= 0.3 is 0 Å². The molecule has 1 fully saturated rings. The van der Waals surface area contributed by atoms with Gasteiger partial charge in [0.25, 0.3) is 0 Å². The molecular formula is C16H21NO2. The van der Waals surface area contributed by atoms with Crippen LogP contribution in [-0.4, -0.2) is 31.6 Å². The first-order valence-corrected chi connectivity index (χ1v) is 7.33. The summed E-state index contributed by atoms with van der Waals surface area (Å²) in [6, 6.07) is 8.00. The Kier molecular flexibility index (Phi) is 3.83. The summed E-state index contributed by atoms with van der Waals surface area (Å²) in [5.41, 5.74) is 1.98. The van der Waals surface area contributed by atoms with Gasteiger partial charge in [-0.05, 0) is 37.8 Å². The predicted octanol–water partition coefficient (Wildman–Crippen LogP) is 3.04. The average molecular weight is 259 g/mol. The summed E-state index contributed by atoms with van der Waals surface area (Å²) in [6.07, 6.45) is 5.53. The summed E-state index contributed by atoms with van der Waals surface area (Å²) in [5, 5.41) is 0. The lowest BCUT2D eigenvalue weighted by molar-refractivity contribution is 0.0210. The standard InChI is InChI=1S/C16H21NO2/c18-16-9-5-10-17(12-13-6-3-4-11-19-13)15-8-2-1-7-14(15)16/h1-2,7-8,13H,3-6,9-12H2. The van der Waals surface area contributed by atoms with E-state index in [1.165, 1.54) is 12.8 Å². The van der Waals surface area contributed by atoms with Gasteiger partial charge in [-0.1, -0.05) is 12.1 Å². The van der Waals surface area contributed by atoms with E-state index in [1.807, 2.05) is 18.2 Å². The maximum atomic E-state index is 12.1. The molecule has 2 heterocycles. The van der Waals surface area contributed by atoms with Crippen molar-refractivity contribution in [1.29, 1.82) is 0 Å². The van der Waals surface area contributed by atoms with Gasteiger partial charge in [0.1, 0.15) is 0 Å². The first kappa shape index (κ1) is 12.7. The molecule has 0 saturated carbocycles. The lowest BCUT2D eigenvalue weighted by atomic mass is 10.1. The fraction of sp³-hybridized carbons (Fsp3) is 0.562. The van der Waals surface area contributed by atoms with Crippen molar-refractivity contribution in [2.75, 3.05) is 24.6 Å². The molecule has 3 nitrogen and oxygen atoms in total. The normalized spacial score (nSPS) is 23.9. The van der Waals surface area contributed by atoms with Crippen molar-refractivity contribution in [3.05, 3.63) is 29.8 Å². The van der Waals surface area contributed by atoms with Crippen LogP contribution in [0.3, 0.4) is 0 Å². The predicted molar refractivity (Wildman–Crippen MR) is 75.8 cm³/mol. The number of rotatable bonds is 2. The molecule has 1 atom stereocenters. The number of Topliss-reactive ketones (excluding diaryl/α,β-unsaturated/α-hetero) is 1. The molecule has 3 rings (SSSR count). The topological polar surface area (TPSA) is 29.5 Å². The van der Waals surface area contributed by atoms with E-state index in [0.717, 1.165) is 43.8 Å². The summed E-state index contributed by atoms with van der Waals surface area (Å²) in [4.78, 5) is 14.4. The highest BCUT2D eigenvalue weighted by atomic mass is 16.5. The zero-order chi connectivity index (χ0) is 13.1. The number of benzene rings is 1. The van der Waals surface area contributed by atoms with Crippen LogP contribution in [0, 0.1) is 0 Å². The molecule has 102 valence electrons. The molecule has 1 saturated heterocycles. The van der Waals surface area contributed by atoms with E-state index < -0.39 is 0 Å². The lowest BCUT2D eigenvalue weighted by Gasteiger charge is -2.31. The minimum absolute atomic E-state index is 0.280. The van der Waals surface area contributed by atoms with E-state index in [-0.39, 0.29) is 5.78 Å². The summed E-state index contributed by atoms with van der Waals surface area (Å²) < 4.78 is 5.84. The molecule has 0 spiro atoms. The monoisotopic (exact) mass is 259 g/mol. The second kappa shape index (κ2) is 5.74. The molecule has 0 aromatic heterocycles. The van der Waals surface area contributed by atoms with E-state index in [0.29, 0.717) is 12.5 Å². The number of hydrogen-bond donors (Lipinski definition) is 0. The van der Waals surface area contributed by atoms with Crippen molar-refractivity contribution in [3.63, 3.8) is 0 Å². The van der Waals surface area contributed by atoms with E-state index >= 15 is 0 Å². The fourth-order valence-electron chi connectivity index (χ4n) is 3.06. The molecule has 0 radical (unpaired) electrons. The van der Waals surface area contributed by atoms with Gasteiger partial charge in [0.2, 0.25) is 0 Å². The quantitative estimate of drug-likeness (QED) is 0.817. The second-order valence-electron chi connectivity index (χ2n) is 5.48. The van der Waals surface area contributed by atoms with Crippen molar-refractivity contribution in [3.8, 4) is 0 Å². The molecule has 0 N–H and O–H groups in total. The number of anilines is 1. The molecular weight excluding hydrogens is 238 g/mol. The number of hydrogen-bond acceptors (Lipinski definition) is 3. The van der Waals surface area contributed by atoms with Crippen molar-refractivity contribution < 1.29 is 9.53 Å². The smallest absolute Gasteiger partial charge is 0.165 e. The molecule has 1 aromatic rings. The Labute approximate surface area is 114 Å². The SMILES string of the molecule is O=C1CCCN(CC2CCCCO2)c2ccccc21. The zero-order valence-corrected chi connectivity index (χ0v) is 11.3. The average Bonchev–Trinajstić information content (AvgIpc) is 2.61. The highest BCUT2D eigenvalue weighted by molar-refractivity contribution is 6.01. The molecule has 3 heteroatoms. The van der Waals surface area contributed by atoms with Crippen molar-refractivity contribution in [2.45, 2.75) is 38.2 Å². The van der Waals surface area contributed by atoms with E-state index in [2.05, 4.69) is 11.0 Å². The van der Waals surface area contributed by atoms with Crippen molar-refractivity contribution in [2.24, 2.45) is 0 Å². The third-order valence-corrected chi connectivity index (χ3v) is 4.08. The number of ketones is 1. The molecule has 1 aromatic carbocycles. The molecule has 2 aliphatic rings. The Bertz CT molecular complexity index is 452. The third-order valence-electron chi connectivity index (χ3n) is 4.08. The Morgan fingerprint density at radius 1 is 1.21 bits per heavy atom. The number of para-hydroxylation sites is 1. The van der Waals surface area contributed by atoms with Crippen molar-refractivity contribution in [1.82, 2.24) is 0 Å². The number of carbonyl (C=O) groups is 1. The van der Waals surface area contributed by atoms with E-state index in [4.69, 9.17) is 4.74 Å². The number of carbonyl (C=O) groups excluding carboxylic acids is 1. The van der Waals surface area contributed by atoms with Crippen LogP contribution in [0.25, 0.3) is 0 Å². The Balaban J connectivity index is 1.80. The van der Waals surface area contributed by atoms with Crippen LogP contribution in [0.2, 0.25) is 0 Å². The number of nitrogens with zero attached hydrogens (tertiary/aromatic N) is 1. The molecule has 2 aliphatic heterocycles. The van der Waals surface area contributed by atoms with E-state index in [9.17, 15) is 4.79 Å². The minimum Gasteiger partial charge on any atom is -0.376 e. The van der Waals surface area contributed by atoms with Gasteiger partial charge in [-0.3, -0.25) is 4.79 Å². The van der Waals surface area contributed by atoms with Gasteiger partial charge in [-0.15, -0.1) is 0 Å². The summed E-state index contributed by atoms with van der Waals surface area (Å²) in [6.45, 7) is 2.77. The maximum absolute atomic E-state index is 12.1. The number of fused-ring (bicyclic) bond motifs is 1. The van der Waals surface area contributed by atoms with Gasteiger partial charge < -0.3 is 9.64 Å². The van der Waals surface area contributed by atoms with Gasteiger partial charge in [0.05, 0.1) is 6.10 Å². The summed E-state index contributed by atoms with van der Waals surface area (Å²) >= 11 is 0. The van der Waals surface area contributed by atoms with Crippen LogP contribution in [-0.2, 0) is 4.74 Å². The van der Waals surface area contributed by atoms with Crippen LogP contribution < -0.4 is 4.90 Å². The lowest BCUT2D eigenvalue weighted by Crippen LogP contribution is -2.36. The minimum atomic E-state index is 0.280. The van der Waals surface area contributed by atoms with Crippen LogP contribution in [0.15, 0.2) is 24.3 Å². The van der Waals surface area contributed by atoms with Gasteiger partial charge in [-0.25, -0.2) is 0 Å². The van der Waals surface area contributed by atoms with Crippen LogP contribution in [0.5, 0.6) is 0 Å². The molecule has 0 aliphatic carbocycles.